The van der Waals surface area contributed by atoms with Crippen LogP contribution in [0.25, 0.3) is 0 Å². The van der Waals surface area contributed by atoms with Crippen LogP contribution in [-0.2, 0) is 11.3 Å². The SMILES string of the molecule is C=CCN(CC(=C)C)C(=O)OCc1ccccc1. The van der Waals surface area contributed by atoms with Crippen LogP contribution in [0.1, 0.15) is 12.5 Å². The average Bonchev–Trinajstić information content (AvgIpc) is 2.36. The predicted molar refractivity (Wildman–Crippen MR) is 73.2 cm³/mol. The van der Waals surface area contributed by atoms with Gasteiger partial charge >= 0.3 is 6.09 Å². The Labute approximate surface area is 108 Å². The molecule has 0 fully saturated rings. The number of benzene rings is 1. The second-order valence-corrected chi connectivity index (χ2v) is 4.17. The fourth-order valence-electron chi connectivity index (χ4n) is 1.50. The molecule has 0 atom stereocenters. The highest BCUT2D eigenvalue weighted by molar-refractivity contribution is 5.68. The molecule has 0 saturated heterocycles. The summed E-state index contributed by atoms with van der Waals surface area (Å²) in [6, 6.07) is 9.60. The number of amides is 1. The van der Waals surface area contributed by atoms with Crippen molar-refractivity contribution in [3.05, 3.63) is 60.7 Å². The number of hydrogen-bond donors (Lipinski definition) is 0. The second-order valence-electron chi connectivity index (χ2n) is 4.17. The number of rotatable bonds is 6. The molecular formula is C15H19NO2. The minimum Gasteiger partial charge on any atom is -0.445 e. The number of carbonyl (C=O) groups is 1. The van der Waals surface area contributed by atoms with Crippen molar-refractivity contribution in [1.29, 1.82) is 0 Å². The highest BCUT2D eigenvalue weighted by Gasteiger charge is 2.13. The van der Waals surface area contributed by atoms with E-state index in [0.717, 1.165) is 11.1 Å². The first-order chi connectivity index (χ1) is 8.63. The van der Waals surface area contributed by atoms with Crippen LogP contribution in [0.2, 0.25) is 0 Å². The molecule has 3 heteroatoms. The molecule has 1 rings (SSSR count). The van der Waals surface area contributed by atoms with Crippen molar-refractivity contribution in [2.24, 2.45) is 0 Å². The molecule has 96 valence electrons. The van der Waals surface area contributed by atoms with Crippen LogP contribution in [0.4, 0.5) is 4.79 Å². The van der Waals surface area contributed by atoms with Gasteiger partial charge < -0.3 is 9.64 Å². The minimum atomic E-state index is -0.346. The maximum Gasteiger partial charge on any atom is 0.410 e. The second kappa shape index (κ2) is 7.33. The number of carbonyl (C=O) groups excluding carboxylic acids is 1. The largest absolute Gasteiger partial charge is 0.445 e. The van der Waals surface area contributed by atoms with Crippen molar-refractivity contribution in [3.8, 4) is 0 Å². The summed E-state index contributed by atoms with van der Waals surface area (Å²) in [6.45, 7) is 10.5. The lowest BCUT2D eigenvalue weighted by Gasteiger charge is -2.20. The summed E-state index contributed by atoms with van der Waals surface area (Å²) in [6.07, 6.45) is 1.33. The highest BCUT2D eigenvalue weighted by atomic mass is 16.6. The molecule has 18 heavy (non-hydrogen) atoms. The van der Waals surface area contributed by atoms with Gasteiger partial charge in [0.15, 0.2) is 0 Å². The van der Waals surface area contributed by atoms with Crippen LogP contribution in [-0.4, -0.2) is 24.1 Å². The monoisotopic (exact) mass is 245 g/mol. The Morgan fingerprint density at radius 2 is 2.06 bits per heavy atom. The molecule has 0 bridgehead atoms. The molecular weight excluding hydrogens is 226 g/mol. The first-order valence-electron chi connectivity index (χ1n) is 5.84. The van der Waals surface area contributed by atoms with E-state index < -0.39 is 0 Å². The lowest BCUT2D eigenvalue weighted by atomic mass is 10.2. The number of hydrogen-bond acceptors (Lipinski definition) is 2. The van der Waals surface area contributed by atoms with E-state index in [0.29, 0.717) is 13.1 Å². The van der Waals surface area contributed by atoms with E-state index in [2.05, 4.69) is 13.2 Å². The summed E-state index contributed by atoms with van der Waals surface area (Å²) in [5.41, 5.74) is 1.88. The lowest BCUT2D eigenvalue weighted by Crippen LogP contribution is -2.33. The Morgan fingerprint density at radius 3 is 2.61 bits per heavy atom. The van der Waals surface area contributed by atoms with E-state index in [1.165, 1.54) is 0 Å². The van der Waals surface area contributed by atoms with Gasteiger partial charge in [-0.05, 0) is 12.5 Å². The van der Waals surface area contributed by atoms with Gasteiger partial charge in [-0.25, -0.2) is 4.79 Å². The third-order valence-electron chi connectivity index (χ3n) is 2.27. The van der Waals surface area contributed by atoms with Crippen molar-refractivity contribution in [3.63, 3.8) is 0 Å². The van der Waals surface area contributed by atoms with E-state index in [4.69, 9.17) is 4.74 Å². The summed E-state index contributed by atoms with van der Waals surface area (Å²) < 4.78 is 5.24. The first-order valence-corrected chi connectivity index (χ1v) is 5.84. The normalized spacial score (nSPS) is 9.61. The van der Waals surface area contributed by atoms with Crippen LogP contribution < -0.4 is 0 Å². The summed E-state index contributed by atoms with van der Waals surface area (Å²) in [5, 5.41) is 0. The molecule has 0 spiro atoms. The third kappa shape index (κ3) is 4.87. The van der Waals surface area contributed by atoms with Crippen LogP contribution in [0, 0.1) is 0 Å². The summed E-state index contributed by atoms with van der Waals surface area (Å²) in [7, 11) is 0. The van der Waals surface area contributed by atoms with Crippen LogP contribution in [0.15, 0.2) is 55.1 Å². The van der Waals surface area contributed by atoms with Gasteiger partial charge in [-0.1, -0.05) is 48.6 Å². The summed E-state index contributed by atoms with van der Waals surface area (Å²) in [5.74, 6) is 0. The van der Waals surface area contributed by atoms with Gasteiger partial charge in [-0.2, -0.15) is 0 Å². The quantitative estimate of drug-likeness (QED) is 0.719. The summed E-state index contributed by atoms with van der Waals surface area (Å²) >= 11 is 0. The molecule has 0 saturated carbocycles. The molecule has 0 N–H and O–H groups in total. The van der Waals surface area contributed by atoms with Gasteiger partial charge in [0, 0.05) is 13.1 Å². The lowest BCUT2D eigenvalue weighted by molar-refractivity contribution is 0.103. The molecule has 0 aromatic heterocycles. The van der Waals surface area contributed by atoms with Crippen LogP contribution in [0.5, 0.6) is 0 Å². The van der Waals surface area contributed by atoms with Crippen molar-refractivity contribution in [2.75, 3.05) is 13.1 Å². The van der Waals surface area contributed by atoms with Gasteiger partial charge in [0.05, 0.1) is 0 Å². The van der Waals surface area contributed by atoms with Crippen LogP contribution in [0.3, 0.4) is 0 Å². The number of ether oxygens (including phenoxy) is 1. The topological polar surface area (TPSA) is 29.5 Å². The Hall–Kier alpha value is -2.03. The fourth-order valence-corrected chi connectivity index (χ4v) is 1.50. The summed E-state index contributed by atoms with van der Waals surface area (Å²) in [4.78, 5) is 13.4. The van der Waals surface area contributed by atoms with Gasteiger partial charge in [0.25, 0.3) is 0 Å². The van der Waals surface area contributed by atoms with Crippen molar-refractivity contribution >= 4 is 6.09 Å². The molecule has 3 nitrogen and oxygen atoms in total. The predicted octanol–water partition coefficient (Wildman–Crippen LogP) is 3.39. The Balaban J connectivity index is 2.51. The molecule has 0 unspecified atom stereocenters. The molecule has 0 radical (unpaired) electrons. The van der Waals surface area contributed by atoms with Crippen molar-refractivity contribution < 1.29 is 9.53 Å². The standard InChI is InChI=1S/C15H19NO2/c1-4-10-16(11-13(2)3)15(17)18-12-14-8-6-5-7-9-14/h4-9H,1-2,10-12H2,3H3. The molecule has 0 aliphatic carbocycles. The highest BCUT2D eigenvalue weighted by Crippen LogP contribution is 2.05. The molecule has 0 aliphatic heterocycles. The van der Waals surface area contributed by atoms with Gasteiger partial charge in [0.2, 0.25) is 0 Å². The fraction of sp³-hybridized carbons (Fsp3) is 0.267. The van der Waals surface area contributed by atoms with Gasteiger partial charge in [-0.15, -0.1) is 6.58 Å². The third-order valence-corrected chi connectivity index (χ3v) is 2.27. The van der Waals surface area contributed by atoms with Gasteiger partial charge in [-0.3, -0.25) is 0 Å². The van der Waals surface area contributed by atoms with E-state index in [-0.39, 0.29) is 12.7 Å². The smallest absolute Gasteiger partial charge is 0.410 e. The van der Waals surface area contributed by atoms with E-state index in [1.54, 1.807) is 11.0 Å². The van der Waals surface area contributed by atoms with Crippen LogP contribution >= 0.6 is 0 Å². The minimum absolute atomic E-state index is 0.281. The van der Waals surface area contributed by atoms with Gasteiger partial charge in [0.1, 0.15) is 6.61 Å². The van der Waals surface area contributed by atoms with E-state index in [1.807, 2.05) is 37.3 Å². The zero-order chi connectivity index (χ0) is 13.4. The van der Waals surface area contributed by atoms with Crippen molar-refractivity contribution in [1.82, 2.24) is 4.90 Å². The Bertz CT molecular complexity index is 412. The first kappa shape index (κ1) is 14.0. The molecule has 1 amide bonds. The number of nitrogens with zero attached hydrogens (tertiary/aromatic N) is 1. The maximum absolute atomic E-state index is 11.9. The van der Waals surface area contributed by atoms with E-state index in [9.17, 15) is 4.79 Å². The van der Waals surface area contributed by atoms with E-state index >= 15 is 0 Å². The average molecular weight is 245 g/mol. The molecule has 0 aliphatic rings. The zero-order valence-corrected chi connectivity index (χ0v) is 10.8. The Morgan fingerprint density at radius 1 is 1.39 bits per heavy atom. The molecule has 0 heterocycles. The maximum atomic E-state index is 11.9. The molecule has 1 aromatic carbocycles. The Kier molecular flexibility index (Phi) is 5.71. The molecule has 1 aromatic rings. The zero-order valence-electron chi connectivity index (χ0n) is 10.8. The van der Waals surface area contributed by atoms with Crippen molar-refractivity contribution in [2.45, 2.75) is 13.5 Å².